The molecule has 0 radical (unpaired) electrons. The number of hydrogen-bond donors (Lipinski definition) is 2. The molecule has 1 aromatic rings. The molecule has 0 aliphatic heterocycles. The summed E-state index contributed by atoms with van der Waals surface area (Å²) in [4.78, 5) is 10.8. The van der Waals surface area contributed by atoms with Crippen molar-refractivity contribution in [3.05, 3.63) is 33.8 Å². The maximum absolute atomic E-state index is 10.8. The quantitative estimate of drug-likeness (QED) is 0.843. The van der Waals surface area contributed by atoms with Crippen molar-refractivity contribution in [3.8, 4) is 0 Å². The maximum atomic E-state index is 10.8. The summed E-state index contributed by atoms with van der Waals surface area (Å²) in [5, 5.41) is 12.4. The zero-order chi connectivity index (χ0) is 13.8. The van der Waals surface area contributed by atoms with Crippen LogP contribution in [0, 0.1) is 0 Å². The van der Waals surface area contributed by atoms with Crippen molar-refractivity contribution in [2.75, 3.05) is 6.61 Å². The molecule has 2 rings (SSSR count). The molecule has 1 fully saturated rings. The van der Waals surface area contributed by atoms with Crippen molar-refractivity contribution in [3.63, 3.8) is 0 Å². The van der Waals surface area contributed by atoms with Crippen molar-refractivity contribution in [1.29, 1.82) is 0 Å². The van der Waals surface area contributed by atoms with Gasteiger partial charge in [0.05, 0.1) is 11.7 Å². The molecule has 5 heteroatoms. The minimum atomic E-state index is -0.904. The van der Waals surface area contributed by atoms with Gasteiger partial charge in [-0.15, -0.1) is 0 Å². The van der Waals surface area contributed by atoms with Crippen LogP contribution in [0.4, 0.5) is 0 Å². The number of carbonyl (C=O) groups is 1. The maximum Gasteiger partial charge on any atom is 0.335 e. The zero-order valence-corrected chi connectivity index (χ0v) is 12.4. The average molecular weight is 328 g/mol. The van der Waals surface area contributed by atoms with Gasteiger partial charge in [-0.05, 0) is 37.5 Å². The van der Waals surface area contributed by atoms with E-state index in [0.29, 0.717) is 17.7 Å². The molecule has 1 aliphatic carbocycles. The zero-order valence-electron chi connectivity index (χ0n) is 10.9. The second-order valence-corrected chi connectivity index (χ2v) is 5.59. The minimum absolute atomic E-state index is 0.302. The molecule has 0 unspecified atom stereocenters. The van der Waals surface area contributed by atoms with Gasteiger partial charge in [-0.1, -0.05) is 22.0 Å². The van der Waals surface area contributed by atoms with Crippen LogP contribution in [0.25, 0.3) is 0 Å². The molecule has 0 heterocycles. The second kappa shape index (κ2) is 6.50. The summed E-state index contributed by atoms with van der Waals surface area (Å²) in [5.41, 5.74) is 1.38. The Hall–Kier alpha value is -0.910. The summed E-state index contributed by atoms with van der Waals surface area (Å²) in [5.74, 6) is -0.904. The molecule has 4 nitrogen and oxygen atoms in total. The van der Waals surface area contributed by atoms with Crippen LogP contribution < -0.4 is 5.32 Å². The van der Waals surface area contributed by atoms with Crippen molar-refractivity contribution in [2.24, 2.45) is 0 Å². The highest BCUT2D eigenvalue weighted by molar-refractivity contribution is 9.10. The summed E-state index contributed by atoms with van der Waals surface area (Å²) >= 11 is 3.41. The van der Waals surface area contributed by atoms with Crippen LogP contribution in [0.2, 0.25) is 0 Å². The number of benzene rings is 1. The Labute approximate surface area is 121 Å². The van der Waals surface area contributed by atoms with Crippen LogP contribution >= 0.6 is 15.9 Å². The number of halogens is 1. The SMILES string of the molecule is CCOC1CC(NCc2ccc(C(=O)O)cc2Br)C1. The van der Waals surface area contributed by atoms with E-state index in [-0.39, 0.29) is 0 Å². The van der Waals surface area contributed by atoms with Crippen molar-refractivity contribution >= 4 is 21.9 Å². The first-order valence-electron chi connectivity index (χ1n) is 6.47. The molecule has 2 N–H and O–H groups in total. The Balaban J connectivity index is 1.82. The van der Waals surface area contributed by atoms with E-state index in [1.165, 1.54) is 0 Å². The molecule has 19 heavy (non-hydrogen) atoms. The molecule has 0 spiro atoms. The van der Waals surface area contributed by atoms with Gasteiger partial charge in [0.25, 0.3) is 0 Å². The Bertz CT molecular complexity index is 458. The highest BCUT2D eigenvalue weighted by atomic mass is 79.9. The third kappa shape index (κ3) is 3.78. The van der Waals surface area contributed by atoms with Gasteiger partial charge in [0, 0.05) is 23.7 Å². The van der Waals surface area contributed by atoms with Gasteiger partial charge in [0.1, 0.15) is 0 Å². The monoisotopic (exact) mass is 327 g/mol. The smallest absolute Gasteiger partial charge is 0.335 e. The molecule has 104 valence electrons. The lowest BCUT2D eigenvalue weighted by Crippen LogP contribution is -2.45. The Morgan fingerprint density at radius 3 is 2.84 bits per heavy atom. The van der Waals surface area contributed by atoms with Crippen LogP contribution in [0.3, 0.4) is 0 Å². The third-order valence-corrected chi connectivity index (χ3v) is 4.12. The number of ether oxygens (including phenoxy) is 1. The lowest BCUT2D eigenvalue weighted by atomic mass is 9.89. The van der Waals surface area contributed by atoms with E-state index >= 15 is 0 Å². The molecule has 0 bridgehead atoms. The fourth-order valence-electron chi connectivity index (χ4n) is 2.18. The third-order valence-electron chi connectivity index (χ3n) is 3.38. The van der Waals surface area contributed by atoms with Crippen LogP contribution in [0.15, 0.2) is 22.7 Å². The first-order valence-corrected chi connectivity index (χ1v) is 7.26. The predicted octanol–water partition coefficient (Wildman–Crippen LogP) is 2.80. The van der Waals surface area contributed by atoms with E-state index < -0.39 is 5.97 Å². The van der Waals surface area contributed by atoms with E-state index in [4.69, 9.17) is 9.84 Å². The highest BCUT2D eigenvalue weighted by Gasteiger charge is 2.28. The summed E-state index contributed by atoms with van der Waals surface area (Å²) < 4.78 is 6.35. The number of carboxylic acids is 1. The van der Waals surface area contributed by atoms with Gasteiger partial charge >= 0.3 is 5.97 Å². The normalized spacial score (nSPS) is 22.0. The molecule has 0 aromatic heterocycles. The van der Waals surface area contributed by atoms with E-state index in [0.717, 1.165) is 36.0 Å². The summed E-state index contributed by atoms with van der Waals surface area (Å²) in [6.07, 6.45) is 2.51. The summed E-state index contributed by atoms with van der Waals surface area (Å²) in [6.45, 7) is 3.53. The van der Waals surface area contributed by atoms with Crippen LogP contribution in [-0.2, 0) is 11.3 Å². The molecule has 1 aromatic carbocycles. The summed E-state index contributed by atoms with van der Waals surface area (Å²) in [7, 11) is 0. The van der Waals surface area contributed by atoms with Crippen LogP contribution in [-0.4, -0.2) is 29.8 Å². The minimum Gasteiger partial charge on any atom is -0.478 e. The number of hydrogen-bond acceptors (Lipinski definition) is 3. The van der Waals surface area contributed by atoms with Crippen molar-refractivity contribution < 1.29 is 14.6 Å². The first-order chi connectivity index (χ1) is 9.10. The van der Waals surface area contributed by atoms with Crippen LogP contribution in [0.5, 0.6) is 0 Å². The Morgan fingerprint density at radius 2 is 2.26 bits per heavy atom. The first kappa shape index (κ1) is 14.5. The van der Waals surface area contributed by atoms with E-state index in [2.05, 4.69) is 21.2 Å². The van der Waals surface area contributed by atoms with Crippen LogP contribution in [0.1, 0.15) is 35.7 Å². The average Bonchev–Trinajstić information content (AvgIpc) is 2.33. The molecule has 0 atom stereocenters. The molecule has 1 aliphatic rings. The second-order valence-electron chi connectivity index (χ2n) is 4.74. The lowest BCUT2D eigenvalue weighted by molar-refractivity contribution is -0.0102. The standard InChI is InChI=1S/C14H18BrNO3/c1-2-19-12-6-11(7-12)16-8-10-4-3-9(14(17)18)5-13(10)15/h3-5,11-12,16H,2,6-8H2,1H3,(H,17,18). The van der Waals surface area contributed by atoms with Crippen molar-refractivity contribution in [1.82, 2.24) is 5.32 Å². The predicted molar refractivity (Wildman–Crippen MR) is 76.4 cm³/mol. The lowest BCUT2D eigenvalue weighted by Gasteiger charge is -2.35. The molecular weight excluding hydrogens is 310 g/mol. The fraction of sp³-hybridized carbons (Fsp3) is 0.500. The molecule has 0 saturated heterocycles. The van der Waals surface area contributed by atoms with Gasteiger partial charge in [-0.25, -0.2) is 4.79 Å². The van der Waals surface area contributed by atoms with Gasteiger partial charge < -0.3 is 15.2 Å². The van der Waals surface area contributed by atoms with Gasteiger partial charge in [0.15, 0.2) is 0 Å². The van der Waals surface area contributed by atoms with E-state index in [1.54, 1.807) is 12.1 Å². The summed E-state index contributed by atoms with van der Waals surface area (Å²) in [6, 6.07) is 5.62. The number of rotatable bonds is 6. The Morgan fingerprint density at radius 1 is 1.53 bits per heavy atom. The van der Waals surface area contributed by atoms with Gasteiger partial charge in [0.2, 0.25) is 0 Å². The van der Waals surface area contributed by atoms with Crippen molar-refractivity contribution in [2.45, 2.75) is 38.5 Å². The number of nitrogens with one attached hydrogen (secondary N) is 1. The largest absolute Gasteiger partial charge is 0.478 e. The molecular formula is C14H18BrNO3. The van der Waals surface area contributed by atoms with E-state index in [9.17, 15) is 4.79 Å². The van der Waals surface area contributed by atoms with E-state index in [1.807, 2.05) is 13.0 Å². The molecule has 0 amide bonds. The van der Waals surface area contributed by atoms with Gasteiger partial charge in [-0.2, -0.15) is 0 Å². The Kier molecular flexibility index (Phi) is 4.96. The van der Waals surface area contributed by atoms with Gasteiger partial charge in [-0.3, -0.25) is 0 Å². The topological polar surface area (TPSA) is 58.6 Å². The highest BCUT2D eigenvalue weighted by Crippen LogP contribution is 2.25. The number of aromatic carboxylic acids is 1. The molecule has 1 saturated carbocycles. The fourth-order valence-corrected chi connectivity index (χ4v) is 2.70. The number of carboxylic acid groups (broad SMARTS) is 1.